The average molecular weight is 402 g/mol. The Hall–Kier alpha value is -3.47. The summed E-state index contributed by atoms with van der Waals surface area (Å²) in [5.74, 6) is 1.18. The van der Waals surface area contributed by atoms with Crippen molar-refractivity contribution in [1.82, 2.24) is 4.90 Å². The van der Waals surface area contributed by atoms with Gasteiger partial charge in [0.15, 0.2) is 11.5 Å². The van der Waals surface area contributed by atoms with Crippen LogP contribution in [0.15, 0.2) is 72.8 Å². The quantitative estimate of drug-likeness (QED) is 0.636. The van der Waals surface area contributed by atoms with Crippen molar-refractivity contribution in [3.8, 4) is 11.5 Å². The van der Waals surface area contributed by atoms with Crippen molar-refractivity contribution in [2.75, 3.05) is 32.1 Å². The zero-order valence-corrected chi connectivity index (χ0v) is 17.4. The van der Waals surface area contributed by atoms with Crippen LogP contribution in [0.25, 0.3) is 0 Å². The monoisotopic (exact) mass is 402 g/mol. The van der Waals surface area contributed by atoms with Gasteiger partial charge in [-0.05, 0) is 35.4 Å². The van der Waals surface area contributed by atoms with E-state index in [1.807, 2.05) is 59.5 Å². The summed E-state index contributed by atoms with van der Waals surface area (Å²) in [6.45, 7) is 2.49. The van der Waals surface area contributed by atoms with Crippen LogP contribution in [0, 0.1) is 0 Å². The van der Waals surface area contributed by atoms with Gasteiger partial charge in [0.25, 0.3) is 5.91 Å². The van der Waals surface area contributed by atoms with Crippen LogP contribution in [0.1, 0.15) is 21.5 Å². The third kappa shape index (κ3) is 4.25. The fourth-order valence-corrected chi connectivity index (χ4v) is 3.70. The Morgan fingerprint density at radius 1 is 0.933 bits per heavy atom. The van der Waals surface area contributed by atoms with E-state index in [0.29, 0.717) is 36.8 Å². The first-order valence-corrected chi connectivity index (χ1v) is 10.1. The molecule has 1 aliphatic heterocycles. The Kier molecular flexibility index (Phi) is 5.89. The smallest absolute Gasteiger partial charge is 0.254 e. The van der Waals surface area contributed by atoms with Crippen LogP contribution in [0.5, 0.6) is 11.5 Å². The van der Waals surface area contributed by atoms with Gasteiger partial charge in [0.1, 0.15) is 6.61 Å². The molecule has 0 radical (unpaired) electrons. The van der Waals surface area contributed by atoms with Crippen LogP contribution in [0.4, 0.5) is 5.69 Å². The van der Waals surface area contributed by atoms with Gasteiger partial charge in [-0.15, -0.1) is 0 Å². The summed E-state index contributed by atoms with van der Waals surface area (Å²) in [4.78, 5) is 17.3. The van der Waals surface area contributed by atoms with Crippen molar-refractivity contribution < 1.29 is 14.3 Å². The third-order valence-corrected chi connectivity index (χ3v) is 5.40. The highest BCUT2D eigenvalue weighted by atomic mass is 16.5. The second kappa shape index (κ2) is 8.91. The maximum absolute atomic E-state index is 13.2. The van der Waals surface area contributed by atoms with E-state index in [2.05, 4.69) is 24.1 Å². The molecular weight excluding hydrogens is 376 g/mol. The Balaban J connectivity index is 1.51. The summed E-state index contributed by atoms with van der Waals surface area (Å²) in [5.41, 5.74) is 4.00. The van der Waals surface area contributed by atoms with E-state index in [1.54, 1.807) is 13.2 Å². The molecule has 1 aliphatic rings. The van der Waals surface area contributed by atoms with E-state index in [1.165, 1.54) is 5.69 Å². The number of benzene rings is 3. The molecule has 0 saturated heterocycles. The number of likely N-dealkylation sites (N-methyl/N-ethyl adjacent to an activating group) is 1. The number of ether oxygens (including phenoxy) is 2. The van der Waals surface area contributed by atoms with Crippen LogP contribution in [-0.2, 0) is 13.2 Å². The molecule has 0 aliphatic carbocycles. The number of anilines is 1. The van der Waals surface area contributed by atoms with E-state index < -0.39 is 0 Å². The summed E-state index contributed by atoms with van der Waals surface area (Å²) < 4.78 is 11.4. The maximum atomic E-state index is 13.2. The first kappa shape index (κ1) is 19.8. The van der Waals surface area contributed by atoms with E-state index >= 15 is 0 Å². The molecule has 5 nitrogen and oxygen atoms in total. The zero-order chi connectivity index (χ0) is 20.9. The molecule has 1 amide bonds. The van der Waals surface area contributed by atoms with Crippen LogP contribution < -0.4 is 14.4 Å². The van der Waals surface area contributed by atoms with Gasteiger partial charge in [0, 0.05) is 37.9 Å². The first-order chi connectivity index (χ1) is 14.7. The predicted octanol–water partition coefficient (Wildman–Crippen LogP) is 4.37. The minimum Gasteiger partial charge on any atom is -0.493 e. The maximum Gasteiger partial charge on any atom is 0.254 e. The molecule has 3 aromatic rings. The summed E-state index contributed by atoms with van der Waals surface area (Å²) in [7, 11) is 3.66. The van der Waals surface area contributed by atoms with Gasteiger partial charge in [0.05, 0.1) is 7.11 Å². The van der Waals surface area contributed by atoms with Gasteiger partial charge in [-0.3, -0.25) is 4.79 Å². The molecule has 0 atom stereocenters. The standard InChI is InChI=1S/C25H26N2O3/c1-26-14-15-27(17-21-10-6-7-11-22(21)26)25(28)20-12-13-23(24(16-20)29-2)30-18-19-8-4-3-5-9-19/h3-13,16H,14-15,17-18H2,1-2H3. The van der Waals surface area contributed by atoms with Gasteiger partial charge in [-0.2, -0.15) is 0 Å². The molecule has 0 aromatic heterocycles. The van der Waals surface area contributed by atoms with E-state index in [9.17, 15) is 4.79 Å². The minimum atomic E-state index is -0.00647. The number of amides is 1. The fraction of sp³-hybridized carbons (Fsp3) is 0.240. The molecule has 0 spiro atoms. The van der Waals surface area contributed by atoms with Gasteiger partial charge < -0.3 is 19.3 Å². The van der Waals surface area contributed by atoms with Crippen molar-refractivity contribution in [2.45, 2.75) is 13.2 Å². The summed E-state index contributed by atoms with van der Waals surface area (Å²) in [6, 6.07) is 23.6. The lowest BCUT2D eigenvalue weighted by molar-refractivity contribution is 0.0751. The number of para-hydroxylation sites is 1. The number of hydrogen-bond donors (Lipinski definition) is 0. The van der Waals surface area contributed by atoms with Crippen LogP contribution in [0.2, 0.25) is 0 Å². The highest BCUT2D eigenvalue weighted by Crippen LogP contribution is 2.30. The van der Waals surface area contributed by atoms with E-state index in [0.717, 1.165) is 17.7 Å². The topological polar surface area (TPSA) is 42.0 Å². The van der Waals surface area contributed by atoms with Crippen molar-refractivity contribution in [3.05, 3.63) is 89.5 Å². The SMILES string of the molecule is COc1cc(C(=O)N2CCN(C)c3ccccc3C2)ccc1OCc1ccccc1. The molecule has 0 N–H and O–H groups in total. The molecule has 0 unspecified atom stereocenters. The number of fused-ring (bicyclic) bond motifs is 1. The number of methoxy groups -OCH3 is 1. The molecule has 1 heterocycles. The number of rotatable bonds is 5. The lowest BCUT2D eigenvalue weighted by Crippen LogP contribution is -2.34. The lowest BCUT2D eigenvalue weighted by Gasteiger charge is -2.22. The molecule has 0 saturated carbocycles. The molecule has 5 heteroatoms. The second-order valence-corrected chi connectivity index (χ2v) is 7.42. The highest BCUT2D eigenvalue weighted by molar-refractivity contribution is 5.95. The zero-order valence-electron chi connectivity index (χ0n) is 17.4. The van der Waals surface area contributed by atoms with Crippen molar-refractivity contribution >= 4 is 11.6 Å². The molecule has 3 aromatic carbocycles. The summed E-state index contributed by atoms with van der Waals surface area (Å²) in [6.07, 6.45) is 0. The Morgan fingerprint density at radius 2 is 1.70 bits per heavy atom. The molecule has 0 bridgehead atoms. The molecule has 0 fully saturated rings. The van der Waals surface area contributed by atoms with Crippen LogP contribution in [-0.4, -0.2) is 38.1 Å². The highest BCUT2D eigenvalue weighted by Gasteiger charge is 2.23. The second-order valence-electron chi connectivity index (χ2n) is 7.42. The number of nitrogens with zero attached hydrogens (tertiary/aromatic N) is 2. The van der Waals surface area contributed by atoms with Gasteiger partial charge in [0.2, 0.25) is 0 Å². The molecular formula is C25H26N2O3. The van der Waals surface area contributed by atoms with Gasteiger partial charge in [-0.25, -0.2) is 0 Å². The van der Waals surface area contributed by atoms with Crippen molar-refractivity contribution in [3.63, 3.8) is 0 Å². The largest absolute Gasteiger partial charge is 0.493 e. The lowest BCUT2D eigenvalue weighted by atomic mass is 10.1. The molecule has 30 heavy (non-hydrogen) atoms. The van der Waals surface area contributed by atoms with Gasteiger partial charge >= 0.3 is 0 Å². The number of hydrogen-bond acceptors (Lipinski definition) is 4. The normalized spacial score (nSPS) is 13.4. The predicted molar refractivity (Wildman–Crippen MR) is 118 cm³/mol. The van der Waals surface area contributed by atoms with Crippen molar-refractivity contribution in [2.24, 2.45) is 0 Å². The Bertz CT molecular complexity index is 1020. The van der Waals surface area contributed by atoms with Crippen LogP contribution in [0.3, 0.4) is 0 Å². The summed E-state index contributed by atoms with van der Waals surface area (Å²) in [5, 5.41) is 0. The molecule has 154 valence electrons. The van der Waals surface area contributed by atoms with Crippen molar-refractivity contribution in [1.29, 1.82) is 0 Å². The summed E-state index contributed by atoms with van der Waals surface area (Å²) >= 11 is 0. The fourth-order valence-electron chi connectivity index (χ4n) is 3.70. The minimum absolute atomic E-state index is 0.00647. The van der Waals surface area contributed by atoms with Gasteiger partial charge in [-0.1, -0.05) is 48.5 Å². The first-order valence-electron chi connectivity index (χ1n) is 10.1. The Labute approximate surface area is 177 Å². The number of carbonyl (C=O) groups is 1. The van der Waals surface area contributed by atoms with Crippen LogP contribution >= 0.6 is 0 Å². The number of carbonyl (C=O) groups excluding carboxylic acids is 1. The third-order valence-electron chi connectivity index (χ3n) is 5.40. The average Bonchev–Trinajstić information content (AvgIpc) is 2.97. The van der Waals surface area contributed by atoms with E-state index in [4.69, 9.17) is 9.47 Å². The Morgan fingerprint density at radius 3 is 2.50 bits per heavy atom. The molecule has 4 rings (SSSR count). The van der Waals surface area contributed by atoms with E-state index in [-0.39, 0.29) is 5.91 Å².